The summed E-state index contributed by atoms with van der Waals surface area (Å²) in [5, 5.41) is 3.38. The molecule has 0 aliphatic carbocycles. The van der Waals surface area contributed by atoms with E-state index in [-0.39, 0.29) is 22.3 Å². The largest absolute Gasteiger partial charge is 0.317 e. The number of halogens is 3. The summed E-state index contributed by atoms with van der Waals surface area (Å²) < 4.78 is 39.8. The van der Waals surface area contributed by atoms with Gasteiger partial charge in [-0.25, -0.2) is 12.8 Å². The summed E-state index contributed by atoms with van der Waals surface area (Å²) in [6, 6.07) is 3.42. The molecule has 1 saturated heterocycles. The van der Waals surface area contributed by atoms with Crippen LogP contribution in [0.4, 0.5) is 4.39 Å². The van der Waals surface area contributed by atoms with Crippen molar-refractivity contribution in [2.24, 2.45) is 5.92 Å². The summed E-state index contributed by atoms with van der Waals surface area (Å²) in [7, 11) is -3.66. The number of nitrogens with zero attached hydrogens (tertiary/aromatic N) is 1. The zero-order valence-electron chi connectivity index (χ0n) is 12.4. The molecule has 0 atom stereocenters. The fourth-order valence-electron chi connectivity index (χ4n) is 2.53. The lowest BCUT2D eigenvalue weighted by Crippen LogP contribution is -2.40. The van der Waals surface area contributed by atoms with Gasteiger partial charge >= 0.3 is 0 Å². The van der Waals surface area contributed by atoms with Gasteiger partial charge in [0.25, 0.3) is 0 Å². The van der Waals surface area contributed by atoms with Gasteiger partial charge in [0.15, 0.2) is 0 Å². The SMILES string of the molecule is CCNCC1CCN(S(=O)(=O)c2cc(F)cc(Cl)c2)CC1.Cl. The summed E-state index contributed by atoms with van der Waals surface area (Å²) in [4.78, 5) is -0.0716. The predicted octanol–water partition coefficient (Wildman–Crippen LogP) is 2.91. The molecule has 0 bridgehead atoms. The van der Waals surface area contributed by atoms with Crippen LogP contribution in [0.2, 0.25) is 5.02 Å². The molecule has 0 aromatic heterocycles. The van der Waals surface area contributed by atoms with E-state index in [1.54, 1.807) is 0 Å². The van der Waals surface area contributed by atoms with Gasteiger partial charge in [0.05, 0.1) is 4.90 Å². The Kier molecular flexibility index (Phi) is 7.55. The van der Waals surface area contributed by atoms with Crippen molar-refractivity contribution in [3.63, 3.8) is 0 Å². The average molecular weight is 371 g/mol. The highest BCUT2D eigenvalue weighted by Gasteiger charge is 2.29. The Bertz CT molecular complexity index is 570. The first-order chi connectivity index (χ1) is 9.93. The molecule has 1 N–H and O–H groups in total. The van der Waals surface area contributed by atoms with Crippen molar-refractivity contribution in [3.05, 3.63) is 29.0 Å². The van der Waals surface area contributed by atoms with Gasteiger partial charge in [0.2, 0.25) is 10.0 Å². The van der Waals surface area contributed by atoms with E-state index in [4.69, 9.17) is 11.6 Å². The molecule has 1 fully saturated rings. The van der Waals surface area contributed by atoms with Crippen molar-refractivity contribution < 1.29 is 12.8 Å². The Morgan fingerprint density at radius 3 is 2.50 bits per heavy atom. The summed E-state index contributed by atoms with van der Waals surface area (Å²) in [6.07, 6.45) is 1.63. The zero-order chi connectivity index (χ0) is 15.5. The van der Waals surface area contributed by atoms with Crippen LogP contribution in [0.5, 0.6) is 0 Å². The molecule has 8 heteroatoms. The molecule has 0 saturated carbocycles. The van der Waals surface area contributed by atoms with Crippen LogP contribution in [0.3, 0.4) is 0 Å². The Morgan fingerprint density at radius 1 is 1.32 bits per heavy atom. The van der Waals surface area contributed by atoms with Crippen molar-refractivity contribution >= 4 is 34.0 Å². The van der Waals surface area contributed by atoms with Gasteiger partial charge < -0.3 is 5.32 Å². The quantitative estimate of drug-likeness (QED) is 0.866. The smallest absolute Gasteiger partial charge is 0.243 e. The molecule has 22 heavy (non-hydrogen) atoms. The number of hydrogen-bond acceptors (Lipinski definition) is 3. The summed E-state index contributed by atoms with van der Waals surface area (Å²) in [5.74, 6) is -0.143. The zero-order valence-corrected chi connectivity index (χ0v) is 14.8. The van der Waals surface area contributed by atoms with Gasteiger partial charge in [-0.2, -0.15) is 4.31 Å². The molecule has 0 spiro atoms. The lowest BCUT2D eigenvalue weighted by atomic mass is 9.98. The van der Waals surface area contributed by atoms with Gasteiger partial charge in [-0.3, -0.25) is 0 Å². The topological polar surface area (TPSA) is 49.4 Å². The fourth-order valence-corrected chi connectivity index (χ4v) is 4.34. The highest BCUT2D eigenvalue weighted by Crippen LogP contribution is 2.25. The van der Waals surface area contributed by atoms with Gasteiger partial charge in [-0.1, -0.05) is 18.5 Å². The van der Waals surface area contributed by atoms with Crippen molar-refractivity contribution in [2.75, 3.05) is 26.2 Å². The van der Waals surface area contributed by atoms with Gasteiger partial charge in [-0.15, -0.1) is 12.4 Å². The number of benzene rings is 1. The highest BCUT2D eigenvalue weighted by atomic mass is 35.5. The molecule has 1 aromatic carbocycles. The third-order valence-corrected chi connectivity index (χ3v) is 5.82. The molecule has 126 valence electrons. The molecule has 1 heterocycles. The minimum absolute atomic E-state index is 0. The molecule has 0 unspecified atom stereocenters. The molecule has 1 aromatic rings. The second kappa shape index (κ2) is 8.45. The van der Waals surface area contributed by atoms with Crippen LogP contribution >= 0.6 is 24.0 Å². The van der Waals surface area contributed by atoms with Gasteiger partial charge in [-0.05, 0) is 50.0 Å². The van der Waals surface area contributed by atoms with Crippen molar-refractivity contribution in [1.82, 2.24) is 9.62 Å². The first-order valence-corrected chi connectivity index (χ1v) is 8.92. The molecular formula is C14H21Cl2FN2O2S. The van der Waals surface area contributed by atoms with E-state index in [2.05, 4.69) is 5.32 Å². The molecule has 0 amide bonds. The van der Waals surface area contributed by atoms with Crippen LogP contribution in [0, 0.1) is 11.7 Å². The average Bonchev–Trinajstić information content (AvgIpc) is 2.44. The van der Waals surface area contributed by atoms with Crippen molar-refractivity contribution in [1.29, 1.82) is 0 Å². The van der Waals surface area contributed by atoms with Crippen LogP contribution in [0.25, 0.3) is 0 Å². The maximum absolute atomic E-state index is 13.4. The van der Waals surface area contributed by atoms with Crippen LogP contribution in [0.15, 0.2) is 23.1 Å². The third-order valence-electron chi connectivity index (χ3n) is 3.73. The maximum Gasteiger partial charge on any atom is 0.243 e. The lowest BCUT2D eigenvalue weighted by Gasteiger charge is -2.31. The predicted molar refractivity (Wildman–Crippen MR) is 88.7 cm³/mol. The monoisotopic (exact) mass is 370 g/mol. The fraction of sp³-hybridized carbons (Fsp3) is 0.571. The molecular weight excluding hydrogens is 350 g/mol. The minimum atomic E-state index is -3.66. The van der Waals surface area contributed by atoms with Crippen LogP contribution in [-0.2, 0) is 10.0 Å². The standard InChI is InChI=1S/C14H20ClFN2O2S.ClH/c1-2-17-10-11-3-5-18(6-4-11)21(19,20)14-8-12(15)7-13(16)9-14;/h7-9,11,17H,2-6,10H2,1H3;1H. The Balaban J connectivity index is 0.00000242. The van der Waals surface area contributed by atoms with Gasteiger partial charge in [0, 0.05) is 18.1 Å². The summed E-state index contributed by atoms with van der Waals surface area (Å²) in [5.41, 5.74) is 0. The second-order valence-electron chi connectivity index (χ2n) is 5.26. The number of rotatable bonds is 5. The van der Waals surface area contributed by atoms with Crippen LogP contribution in [-0.4, -0.2) is 38.9 Å². The summed E-state index contributed by atoms with van der Waals surface area (Å²) in [6.45, 7) is 4.81. The first-order valence-electron chi connectivity index (χ1n) is 7.10. The number of hydrogen-bond donors (Lipinski definition) is 1. The van der Waals surface area contributed by atoms with Crippen molar-refractivity contribution in [3.8, 4) is 0 Å². The second-order valence-corrected chi connectivity index (χ2v) is 7.63. The van der Waals surface area contributed by atoms with E-state index < -0.39 is 15.8 Å². The highest BCUT2D eigenvalue weighted by molar-refractivity contribution is 7.89. The summed E-state index contributed by atoms with van der Waals surface area (Å²) >= 11 is 5.74. The van der Waals surface area contributed by atoms with E-state index in [1.165, 1.54) is 10.4 Å². The minimum Gasteiger partial charge on any atom is -0.317 e. The van der Waals surface area contributed by atoms with Gasteiger partial charge in [0.1, 0.15) is 5.82 Å². The van der Waals surface area contributed by atoms with E-state index >= 15 is 0 Å². The van der Waals surface area contributed by atoms with E-state index in [0.29, 0.717) is 19.0 Å². The van der Waals surface area contributed by atoms with Crippen LogP contribution in [0.1, 0.15) is 19.8 Å². The lowest BCUT2D eigenvalue weighted by molar-refractivity contribution is 0.268. The Morgan fingerprint density at radius 2 is 1.95 bits per heavy atom. The van der Waals surface area contributed by atoms with Crippen molar-refractivity contribution in [2.45, 2.75) is 24.7 Å². The molecule has 1 aliphatic heterocycles. The van der Waals surface area contributed by atoms with Crippen LogP contribution < -0.4 is 5.32 Å². The molecule has 4 nitrogen and oxygen atoms in total. The third kappa shape index (κ3) is 4.80. The normalized spacial score (nSPS) is 17.2. The molecule has 0 radical (unpaired) electrons. The number of sulfonamides is 1. The Hall–Kier alpha value is -0.400. The Labute approximate surface area is 142 Å². The van der Waals surface area contributed by atoms with E-state index in [9.17, 15) is 12.8 Å². The molecule has 2 rings (SSSR count). The number of nitrogens with one attached hydrogen (secondary N) is 1. The maximum atomic E-state index is 13.4. The van der Waals surface area contributed by atoms with E-state index in [1.807, 2.05) is 6.92 Å². The molecule has 1 aliphatic rings. The number of piperidine rings is 1. The van der Waals surface area contributed by atoms with E-state index in [0.717, 1.165) is 38.1 Å². The first kappa shape index (κ1) is 19.6.